The fraction of sp³-hybridized carbons (Fsp3) is 0.500. The molecular weight excluding hydrogens is 276 g/mol. The maximum absolute atomic E-state index is 12.6. The summed E-state index contributed by atoms with van der Waals surface area (Å²) in [4.78, 5) is 14.3. The molecule has 0 aliphatic carbocycles. The van der Waals surface area contributed by atoms with E-state index in [9.17, 15) is 13.2 Å². The van der Waals surface area contributed by atoms with Crippen LogP contribution < -0.4 is 4.72 Å². The van der Waals surface area contributed by atoms with E-state index >= 15 is 0 Å². The number of nitrogens with zero attached hydrogens (tertiary/aromatic N) is 1. The number of hydrogen-bond acceptors (Lipinski definition) is 3. The van der Waals surface area contributed by atoms with Crippen LogP contribution in [-0.4, -0.2) is 38.6 Å². The van der Waals surface area contributed by atoms with Gasteiger partial charge in [-0.15, -0.1) is 0 Å². The molecule has 1 N–H and O–H groups in total. The first kappa shape index (κ1) is 15.0. The first-order chi connectivity index (χ1) is 9.47. The standard InChI is InChI=1S/C14H20N2O3S/c1-20(18,19)15-13(12-8-4-2-5-9-12)14(17)16-10-6-3-7-11-16/h2,4-5,8-9,13,15H,3,6-7,10-11H2,1H3/t13-/m0/s1. The van der Waals surface area contributed by atoms with Crippen molar-refractivity contribution in [2.24, 2.45) is 0 Å². The molecule has 1 aliphatic heterocycles. The quantitative estimate of drug-likeness (QED) is 0.910. The Hall–Kier alpha value is -1.40. The molecule has 0 spiro atoms. The Bertz CT molecular complexity index is 551. The third-order valence-electron chi connectivity index (χ3n) is 3.38. The summed E-state index contributed by atoms with van der Waals surface area (Å²) in [6.07, 6.45) is 4.16. The van der Waals surface area contributed by atoms with E-state index in [4.69, 9.17) is 0 Å². The van der Waals surface area contributed by atoms with Crippen LogP contribution in [0.3, 0.4) is 0 Å². The van der Waals surface area contributed by atoms with Gasteiger partial charge in [-0.2, -0.15) is 4.72 Å². The fourth-order valence-electron chi connectivity index (χ4n) is 2.42. The van der Waals surface area contributed by atoms with E-state index in [0.29, 0.717) is 18.7 Å². The number of sulfonamides is 1. The van der Waals surface area contributed by atoms with Crippen LogP contribution in [0.1, 0.15) is 30.9 Å². The molecule has 1 aliphatic rings. The van der Waals surface area contributed by atoms with Gasteiger partial charge < -0.3 is 4.90 Å². The molecule has 0 bridgehead atoms. The van der Waals surface area contributed by atoms with Gasteiger partial charge in [0.15, 0.2) is 0 Å². The van der Waals surface area contributed by atoms with Crippen LogP contribution in [0.25, 0.3) is 0 Å². The molecule has 1 aromatic rings. The second-order valence-corrected chi connectivity index (χ2v) is 6.90. The van der Waals surface area contributed by atoms with Crippen molar-refractivity contribution in [1.29, 1.82) is 0 Å². The van der Waals surface area contributed by atoms with Gasteiger partial charge in [-0.25, -0.2) is 8.42 Å². The van der Waals surface area contributed by atoms with Crippen molar-refractivity contribution < 1.29 is 13.2 Å². The normalized spacial score (nSPS) is 17.8. The third kappa shape index (κ3) is 4.05. The van der Waals surface area contributed by atoms with Crippen molar-refractivity contribution in [3.8, 4) is 0 Å². The minimum Gasteiger partial charge on any atom is -0.341 e. The zero-order valence-corrected chi connectivity index (χ0v) is 12.4. The van der Waals surface area contributed by atoms with Crippen LogP contribution in [0.2, 0.25) is 0 Å². The number of amides is 1. The van der Waals surface area contributed by atoms with Crippen LogP contribution in [0.15, 0.2) is 30.3 Å². The highest BCUT2D eigenvalue weighted by atomic mass is 32.2. The highest BCUT2D eigenvalue weighted by Gasteiger charge is 2.28. The average Bonchev–Trinajstić information content (AvgIpc) is 2.45. The number of likely N-dealkylation sites (tertiary alicyclic amines) is 1. The molecular formula is C14H20N2O3S. The second-order valence-electron chi connectivity index (χ2n) is 5.12. The van der Waals surface area contributed by atoms with E-state index in [0.717, 1.165) is 25.5 Å². The van der Waals surface area contributed by atoms with E-state index in [2.05, 4.69) is 4.72 Å². The molecule has 1 fully saturated rings. The number of carbonyl (C=O) groups is 1. The highest BCUT2D eigenvalue weighted by molar-refractivity contribution is 7.88. The fourth-order valence-corrected chi connectivity index (χ4v) is 3.08. The molecule has 1 atom stereocenters. The smallest absolute Gasteiger partial charge is 0.245 e. The Balaban J connectivity index is 2.24. The zero-order chi connectivity index (χ0) is 14.6. The van der Waals surface area contributed by atoms with E-state index in [-0.39, 0.29) is 5.91 Å². The Labute approximate surface area is 120 Å². The van der Waals surface area contributed by atoms with Crippen molar-refractivity contribution in [3.63, 3.8) is 0 Å². The summed E-state index contributed by atoms with van der Waals surface area (Å²) in [5, 5.41) is 0. The average molecular weight is 296 g/mol. The molecule has 1 saturated heterocycles. The van der Waals surface area contributed by atoms with Gasteiger partial charge >= 0.3 is 0 Å². The predicted molar refractivity (Wildman–Crippen MR) is 77.6 cm³/mol. The molecule has 1 amide bonds. The predicted octanol–water partition coefficient (Wildman–Crippen LogP) is 1.29. The highest BCUT2D eigenvalue weighted by Crippen LogP contribution is 2.19. The topological polar surface area (TPSA) is 66.5 Å². The van der Waals surface area contributed by atoms with Crippen LogP contribution >= 0.6 is 0 Å². The minimum absolute atomic E-state index is 0.165. The maximum atomic E-state index is 12.6. The molecule has 6 heteroatoms. The molecule has 2 rings (SSSR count). The van der Waals surface area contributed by atoms with Gasteiger partial charge in [0.2, 0.25) is 15.9 Å². The van der Waals surface area contributed by atoms with Crippen molar-refractivity contribution in [3.05, 3.63) is 35.9 Å². The van der Waals surface area contributed by atoms with Gasteiger partial charge in [0.25, 0.3) is 0 Å². The van der Waals surface area contributed by atoms with Crippen molar-refractivity contribution >= 4 is 15.9 Å². The Morgan fingerprint density at radius 1 is 1.15 bits per heavy atom. The molecule has 20 heavy (non-hydrogen) atoms. The molecule has 5 nitrogen and oxygen atoms in total. The monoisotopic (exact) mass is 296 g/mol. The summed E-state index contributed by atoms with van der Waals surface area (Å²) < 4.78 is 25.5. The Morgan fingerprint density at radius 2 is 1.75 bits per heavy atom. The maximum Gasteiger partial charge on any atom is 0.245 e. The number of nitrogens with one attached hydrogen (secondary N) is 1. The van der Waals surface area contributed by atoms with E-state index in [1.807, 2.05) is 6.07 Å². The van der Waals surface area contributed by atoms with Gasteiger partial charge in [-0.3, -0.25) is 4.79 Å². The lowest BCUT2D eigenvalue weighted by molar-refractivity contribution is -0.134. The summed E-state index contributed by atoms with van der Waals surface area (Å²) in [5.74, 6) is -0.165. The number of rotatable bonds is 4. The zero-order valence-electron chi connectivity index (χ0n) is 11.6. The Morgan fingerprint density at radius 3 is 2.30 bits per heavy atom. The van der Waals surface area contributed by atoms with Gasteiger partial charge in [-0.1, -0.05) is 30.3 Å². The minimum atomic E-state index is -3.45. The number of hydrogen-bond donors (Lipinski definition) is 1. The van der Waals surface area contributed by atoms with Crippen molar-refractivity contribution in [2.75, 3.05) is 19.3 Å². The van der Waals surface area contributed by atoms with Crippen LogP contribution in [0.5, 0.6) is 0 Å². The summed E-state index contributed by atoms with van der Waals surface area (Å²) >= 11 is 0. The van der Waals surface area contributed by atoms with E-state index in [1.165, 1.54) is 0 Å². The van der Waals surface area contributed by atoms with Gasteiger partial charge in [-0.05, 0) is 24.8 Å². The first-order valence-corrected chi connectivity index (χ1v) is 8.67. The SMILES string of the molecule is CS(=O)(=O)N[C@H](C(=O)N1CCCCC1)c1ccccc1. The summed E-state index contributed by atoms with van der Waals surface area (Å²) in [6, 6.07) is 8.15. The van der Waals surface area contributed by atoms with Gasteiger partial charge in [0.05, 0.1) is 6.26 Å². The van der Waals surface area contributed by atoms with Gasteiger partial charge in [0, 0.05) is 13.1 Å². The van der Waals surface area contributed by atoms with E-state index < -0.39 is 16.1 Å². The summed E-state index contributed by atoms with van der Waals surface area (Å²) in [6.45, 7) is 1.40. The number of piperidine rings is 1. The molecule has 0 radical (unpaired) electrons. The molecule has 0 saturated carbocycles. The largest absolute Gasteiger partial charge is 0.341 e. The molecule has 1 aromatic carbocycles. The summed E-state index contributed by atoms with van der Waals surface area (Å²) in [5.41, 5.74) is 0.675. The second kappa shape index (κ2) is 6.37. The van der Waals surface area contributed by atoms with E-state index in [1.54, 1.807) is 29.2 Å². The summed E-state index contributed by atoms with van der Waals surface area (Å²) in [7, 11) is -3.45. The molecule has 110 valence electrons. The van der Waals surface area contributed by atoms with Crippen LogP contribution in [0.4, 0.5) is 0 Å². The number of carbonyl (C=O) groups excluding carboxylic acids is 1. The lowest BCUT2D eigenvalue weighted by Gasteiger charge is -2.30. The number of benzene rings is 1. The molecule has 0 aromatic heterocycles. The lowest BCUT2D eigenvalue weighted by atomic mass is 10.0. The van der Waals surface area contributed by atoms with Crippen LogP contribution in [-0.2, 0) is 14.8 Å². The third-order valence-corrected chi connectivity index (χ3v) is 4.04. The molecule has 0 unspecified atom stereocenters. The lowest BCUT2D eigenvalue weighted by Crippen LogP contribution is -2.44. The Kier molecular flexibility index (Phi) is 4.77. The van der Waals surface area contributed by atoms with Crippen molar-refractivity contribution in [1.82, 2.24) is 9.62 Å². The van der Waals surface area contributed by atoms with Crippen molar-refractivity contribution in [2.45, 2.75) is 25.3 Å². The van der Waals surface area contributed by atoms with Crippen LogP contribution in [0, 0.1) is 0 Å². The van der Waals surface area contributed by atoms with Gasteiger partial charge in [0.1, 0.15) is 6.04 Å². The first-order valence-electron chi connectivity index (χ1n) is 6.78. The molecule has 1 heterocycles.